The first-order valence-corrected chi connectivity index (χ1v) is 15.6. The highest BCUT2D eigenvalue weighted by molar-refractivity contribution is 7.92. The van der Waals surface area contributed by atoms with E-state index in [1.807, 2.05) is 38.2 Å². The average Bonchev–Trinajstić information content (AvgIpc) is 3.71. The summed E-state index contributed by atoms with van der Waals surface area (Å²) in [6.07, 6.45) is 3.37. The van der Waals surface area contributed by atoms with Gasteiger partial charge >= 0.3 is 5.97 Å². The Bertz CT molecular complexity index is 1550. The number of ether oxygens (including phenoxy) is 1. The Hall–Kier alpha value is -3.87. The predicted octanol–water partition coefficient (Wildman–Crippen LogP) is 1.14. The minimum atomic E-state index is -3.68. The normalized spacial score (nSPS) is 13.1. The number of sulfonamides is 1. The first-order valence-electron chi connectivity index (χ1n) is 13.8. The maximum absolute atomic E-state index is 13.0. The minimum absolute atomic E-state index is 0.00677. The van der Waals surface area contributed by atoms with Gasteiger partial charge in [-0.1, -0.05) is 17.6 Å². The molecule has 1 aliphatic rings. The lowest BCUT2D eigenvalue weighted by Crippen LogP contribution is -2.34. The Balaban J connectivity index is 1.63. The fraction of sp³-hybridized carbons (Fsp3) is 0.429. The standard InChI is InChI=1S/C28H36BN5O6S/c1-4-40-26(36)13-12-25(35)31-14-5-15-33(41(3,38)39)24-17-23-22(16-21(24)18-6-7-18)27(28(37)30-2)34(32-23)20-10-8-19(29)9-11-20/h8-11,16-18H,4-7,12-15,29H2,1-3H3,(H,30,37)(H,31,35). The molecule has 1 heterocycles. The Kier molecular flexibility index (Phi) is 9.37. The summed E-state index contributed by atoms with van der Waals surface area (Å²) in [5.41, 5.74) is 4.08. The van der Waals surface area contributed by atoms with Crippen molar-refractivity contribution in [2.75, 3.05) is 37.3 Å². The molecule has 0 bridgehead atoms. The Morgan fingerprint density at radius 3 is 2.46 bits per heavy atom. The highest BCUT2D eigenvalue weighted by Gasteiger charge is 2.32. The lowest BCUT2D eigenvalue weighted by molar-refractivity contribution is -0.144. The van der Waals surface area contributed by atoms with Crippen molar-refractivity contribution < 1.29 is 27.5 Å². The van der Waals surface area contributed by atoms with Crippen molar-refractivity contribution in [3.05, 3.63) is 47.7 Å². The van der Waals surface area contributed by atoms with E-state index in [4.69, 9.17) is 9.84 Å². The van der Waals surface area contributed by atoms with Crippen LogP contribution in [0.2, 0.25) is 0 Å². The lowest BCUT2D eigenvalue weighted by atomic mass is 9.96. The fourth-order valence-corrected chi connectivity index (χ4v) is 5.71. The molecule has 2 amide bonds. The van der Waals surface area contributed by atoms with Crippen molar-refractivity contribution >= 4 is 57.7 Å². The van der Waals surface area contributed by atoms with Crippen LogP contribution in [0.3, 0.4) is 0 Å². The molecule has 1 aromatic heterocycles. The van der Waals surface area contributed by atoms with Gasteiger partial charge in [-0.15, -0.1) is 0 Å². The second-order valence-electron chi connectivity index (χ2n) is 10.2. The number of nitrogens with one attached hydrogen (secondary N) is 2. The number of anilines is 1. The molecule has 0 spiro atoms. The first-order chi connectivity index (χ1) is 19.5. The summed E-state index contributed by atoms with van der Waals surface area (Å²) in [6.45, 7) is 2.35. The Morgan fingerprint density at radius 2 is 1.85 bits per heavy atom. The number of rotatable bonds is 13. The zero-order valence-electron chi connectivity index (χ0n) is 23.9. The molecule has 11 nitrogen and oxygen atoms in total. The number of esters is 1. The van der Waals surface area contributed by atoms with Gasteiger partial charge in [0.15, 0.2) is 0 Å². The average molecular weight is 582 g/mol. The number of benzene rings is 2. The van der Waals surface area contributed by atoms with Crippen LogP contribution in [0.5, 0.6) is 0 Å². The van der Waals surface area contributed by atoms with Crippen LogP contribution >= 0.6 is 0 Å². The topological polar surface area (TPSA) is 140 Å². The van der Waals surface area contributed by atoms with E-state index in [1.54, 1.807) is 24.7 Å². The van der Waals surface area contributed by atoms with Crippen LogP contribution in [0.1, 0.15) is 61.0 Å². The molecule has 2 N–H and O–H groups in total. The van der Waals surface area contributed by atoms with Crippen LogP contribution in [-0.4, -0.2) is 76.8 Å². The van der Waals surface area contributed by atoms with Gasteiger partial charge in [0.2, 0.25) is 15.9 Å². The molecule has 1 aliphatic carbocycles. The van der Waals surface area contributed by atoms with Crippen LogP contribution in [0.25, 0.3) is 16.6 Å². The van der Waals surface area contributed by atoms with E-state index >= 15 is 0 Å². The molecular weight excluding hydrogens is 545 g/mol. The van der Waals surface area contributed by atoms with Gasteiger partial charge in [0.25, 0.3) is 5.91 Å². The maximum atomic E-state index is 13.0. The Labute approximate surface area is 241 Å². The maximum Gasteiger partial charge on any atom is 0.306 e. The van der Waals surface area contributed by atoms with Crippen molar-refractivity contribution in [3.8, 4) is 5.69 Å². The van der Waals surface area contributed by atoms with E-state index in [0.717, 1.165) is 35.8 Å². The number of hydrogen-bond donors (Lipinski definition) is 2. The number of aromatic nitrogens is 2. The molecule has 2 aromatic carbocycles. The summed E-state index contributed by atoms with van der Waals surface area (Å²) in [4.78, 5) is 36.6. The van der Waals surface area contributed by atoms with Crippen LogP contribution in [-0.2, 0) is 24.3 Å². The quantitative estimate of drug-likeness (QED) is 0.175. The van der Waals surface area contributed by atoms with E-state index in [-0.39, 0.29) is 50.3 Å². The monoisotopic (exact) mass is 581 g/mol. The third kappa shape index (κ3) is 7.26. The number of hydrogen-bond acceptors (Lipinski definition) is 7. The van der Waals surface area contributed by atoms with Crippen LogP contribution < -0.4 is 20.4 Å². The number of amides is 2. The second kappa shape index (κ2) is 12.8. The van der Waals surface area contributed by atoms with E-state index in [9.17, 15) is 22.8 Å². The summed E-state index contributed by atoms with van der Waals surface area (Å²) in [5, 5.41) is 10.8. The highest BCUT2D eigenvalue weighted by atomic mass is 32.2. The van der Waals surface area contributed by atoms with Gasteiger partial charge < -0.3 is 15.4 Å². The fourth-order valence-electron chi connectivity index (χ4n) is 4.74. The number of carbonyl (C=O) groups excluding carboxylic acids is 3. The second-order valence-corrected chi connectivity index (χ2v) is 12.1. The molecule has 0 atom stereocenters. The van der Waals surface area contributed by atoms with Gasteiger partial charge in [-0.3, -0.25) is 18.7 Å². The molecule has 4 rings (SSSR count). The van der Waals surface area contributed by atoms with E-state index in [1.165, 1.54) is 4.31 Å². The molecule has 0 saturated heterocycles. The lowest BCUT2D eigenvalue weighted by Gasteiger charge is -2.25. The predicted molar refractivity (Wildman–Crippen MR) is 160 cm³/mol. The SMILES string of the molecule is Bc1ccc(-n2nc3cc(N(CCCNC(=O)CCC(=O)OCC)S(C)(=O)=O)c(C4CC4)cc3c2C(=O)NC)cc1. The van der Waals surface area contributed by atoms with Crippen LogP contribution in [0, 0.1) is 0 Å². The number of nitrogens with zero attached hydrogens (tertiary/aromatic N) is 3. The van der Waals surface area contributed by atoms with Crippen molar-refractivity contribution in [1.29, 1.82) is 0 Å². The summed E-state index contributed by atoms with van der Waals surface area (Å²) >= 11 is 0. The third-order valence-electron chi connectivity index (χ3n) is 6.95. The number of carbonyl (C=O) groups is 3. The molecule has 0 radical (unpaired) electrons. The van der Waals surface area contributed by atoms with E-state index in [2.05, 4.69) is 10.6 Å². The molecule has 13 heteroatoms. The van der Waals surface area contributed by atoms with Gasteiger partial charge in [-0.25, -0.2) is 13.1 Å². The highest BCUT2D eigenvalue weighted by Crippen LogP contribution is 2.46. The zero-order chi connectivity index (χ0) is 29.7. The Morgan fingerprint density at radius 1 is 1.15 bits per heavy atom. The van der Waals surface area contributed by atoms with Crippen LogP contribution in [0.15, 0.2) is 36.4 Å². The molecule has 0 aliphatic heterocycles. The smallest absolute Gasteiger partial charge is 0.306 e. The molecule has 0 unspecified atom stereocenters. The van der Waals surface area contributed by atoms with E-state index < -0.39 is 16.0 Å². The zero-order valence-corrected chi connectivity index (χ0v) is 24.7. The molecular formula is C28H36BN5O6S. The first kappa shape index (κ1) is 30.1. The van der Waals surface area contributed by atoms with Crippen molar-refractivity contribution in [2.45, 2.75) is 44.9 Å². The van der Waals surface area contributed by atoms with Crippen LogP contribution in [0.4, 0.5) is 5.69 Å². The van der Waals surface area contributed by atoms with Gasteiger partial charge in [0, 0.05) is 31.9 Å². The summed E-state index contributed by atoms with van der Waals surface area (Å²) in [5.74, 6) is -0.839. The molecule has 3 aromatic rings. The van der Waals surface area contributed by atoms with Crippen molar-refractivity contribution in [1.82, 2.24) is 20.4 Å². The molecule has 41 heavy (non-hydrogen) atoms. The molecule has 1 fully saturated rings. The van der Waals surface area contributed by atoms with Gasteiger partial charge in [0.1, 0.15) is 13.5 Å². The van der Waals surface area contributed by atoms with Crippen molar-refractivity contribution in [3.63, 3.8) is 0 Å². The van der Waals surface area contributed by atoms with Gasteiger partial charge in [0.05, 0.1) is 36.2 Å². The van der Waals surface area contributed by atoms with E-state index in [0.29, 0.717) is 28.7 Å². The molecule has 218 valence electrons. The summed E-state index contributed by atoms with van der Waals surface area (Å²) < 4.78 is 33.8. The third-order valence-corrected chi connectivity index (χ3v) is 8.13. The molecule has 1 saturated carbocycles. The number of fused-ring (bicyclic) bond motifs is 1. The van der Waals surface area contributed by atoms with Gasteiger partial charge in [-0.05, 0) is 61.9 Å². The largest absolute Gasteiger partial charge is 0.466 e. The van der Waals surface area contributed by atoms with Crippen molar-refractivity contribution in [2.24, 2.45) is 0 Å². The summed E-state index contributed by atoms with van der Waals surface area (Å²) in [6, 6.07) is 11.3. The minimum Gasteiger partial charge on any atom is -0.466 e. The van der Waals surface area contributed by atoms with Gasteiger partial charge in [-0.2, -0.15) is 5.10 Å². The summed E-state index contributed by atoms with van der Waals surface area (Å²) in [7, 11) is -0.134.